The van der Waals surface area contributed by atoms with Crippen molar-refractivity contribution in [1.82, 2.24) is 4.57 Å². The lowest BCUT2D eigenvalue weighted by Crippen LogP contribution is -2.04. The Labute approximate surface area is 189 Å². The van der Waals surface area contributed by atoms with Crippen LogP contribution in [0.2, 0.25) is 0 Å². The average molecular weight is 416 g/mol. The first-order valence-electron chi connectivity index (χ1n) is 10.9. The fourth-order valence-electron chi connectivity index (χ4n) is 4.23. The molecule has 2 nitrogen and oxygen atoms in total. The number of methoxy groups -OCH3 is 1. The Bertz CT molecular complexity index is 1290. The van der Waals surface area contributed by atoms with Crippen LogP contribution < -0.4 is 4.74 Å². The average Bonchev–Trinajstić information content (AvgIpc) is 3.25. The van der Waals surface area contributed by atoms with Gasteiger partial charge in [-0.3, -0.25) is 0 Å². The number of rotatable bonds is 6. The van der Waals surface area contributed by atoms with Crippen molar-refractivity contribution in [2.24, 2.45) is 0 Å². The summed E-state index contributed by atoms with van der Waals surface area (Å²) in [5.74, 6) is 0.857. The van der Waals surface area contributed by atoms with E-state index < -0.39 is 0 Å². The van der Waals surface area contributed by atoms with E-state index in [9.17, 15) is 0 Å². The van der Waals surface area contributed by atoms with Gasteiger partial charge in [0.25, 0.3) is 0 Å². The molecule has 1 aromatic heterocycles. The van der Waals surface area contributed by atoms with Crippen LogP contribution in [-0.4, -0.2) is 11.7 Å². The smallest absolute Gasteiger partial charge is 0.119 e. The van der Waals surface area contributed by atoms with E-state index in [1.54, 1.807) is 7.11 Å². The van der Waals surface area contributed by atoms with Crippen molar-refractivity contribution in [3.8, 4) is 33.8 Å². The molecule has 0 aliphatic rings. The number of aromatic nitrogens is 1. The molecule has 0 fully saturated rings. The SMILES string of the molecule is COc1ccc(-n2c(-c3ccccc3)cc(-c3ccccc3)c2Cc2ccccc2)cc1. The van der Waals surface area contributed by atoms with Crippen molar-refractivity contribution in [2.75, 3.05) is 7.11 Å². The van der Waals surface area contributed by atoms with Gasteiger partial charge in [0.05, 0.1) is 12.8 Å². The Morgan fingerprint density at radius 2 is 1.19 bits per heavy atom. The van der Waals surface area contributed by atoms with E-state index in [0.717, 1.165) is 17.9 Å². The Balaban J connectivity index is 1.78. The van der Waals surface area contributed by atoms with Crippen molar-refractivity contribution in [1.29, 1.82) is 0 Å². The molecule has 156 valence electrons. The molecule has 0 saturated heterocycles. The molecule has 1 heterocycles. The number of ether oxygens (including phenoxy) is 1. The van der Waals surface area contributed by atoms with E-state index in [2.05, 4.69) is 114 Å². The third-order valence-electron chi connectivity index (χ3n) is 5.80. The Kier molecular flexibility index (Phi) is 5.59. The van der Waals surface area contributed by atoms with Crippen LogP contribution in [0.3, 0.4) is 0 Å². The Morgan fingerprint density at radius 1 is 0.625 bits per heavy atom. The van der Waals surface area contributed by atoms with Crippen molar-refractivity contribution in [3.05, 3.63) is 133 Å². The predicted molar refractivity (Wildman–Crippen MR) is 132 cm³/mol. The topological polar surface area (TPSA) is 14.2 Å². The molecule has 2 heteroatoms. The summed E-state index contributed by atoms with van der Waals surface area (Å²) in [6.07, 6.45) is 0.837. The van der Waals surface area contributed by atoms with Gasteiger partial charge in [0.1, 0.15) is 5.75 Å². The number of nitrogens with zero attached hydrogens (tertiary/aromatic N) is 1. The monoisotopic (exact) mass is 415 g/mol. The van der Waals surface area contributed by atoms with Gasteiger partial charge in [-0.15, -0.1) is 0 Å². The molecule has 0 N–H and O–H groups in total. The summed E-state index contributed by atoms with van der Waals surface area (Å²) >= 11 is 0. The van der Waals surface area contributed by atoms with Gasteiger partial charge in [0.2, 0.25) is 0 Å². The maximum Gasteiger partial charge on any atom is 0.119 e. The number of benzene rings is 4. The van der Waals surface area contributed by atoms with Crippen molar-refractivity contribution in [2.45, 2.75) is 6.42 Å². The molecule has 5 rings (SSSR count). The summed E-state index contributed by atoms with van der Waals surface area (Å²) in [4.78, 5) is 0. The predicted octanol–water partition coefficient (Wildman–Crippen LogP) is 7.41. The molecule has 0 amide bonds. The van der Waals surface area contributed by atoms with Crippen LogP contribution >= 0.6 is 0 Å². The van der Waals surface area contributed by atoms with Gasteiger partial charge in [-0.2, -0.15) is 0 Å². The van der Waals surface area contributed by atoms with E-state index in [1.165, 1.54) is 33.6 Å². The second-order valence-electron chi connectivity index (χ2n) is 7.82. The fraction of sp³-hybridized carbons (Fsp3) is 0.0667. The van der Waals surface area contributed by atoms with E-state index in [-0.39, 0.29) is 0 Å². The summed E-state index contributed by atoms with van der Waals surface area (Å²) in [5, 5.41) is 0. The van der Waals surface area contributed by atoms with E-state index in [1.807, 2.05) is 12.1 Å². The summed E-state index contributed by atoms with van der Waals surface area (Å²) < 4.78 is 7.80. The van der Waals surface area contributed by atoms with Gasteiger partial charge < -0.3 is 9.30 Å². The molecular formula is C30H25NO. The van der Waals surface area contributed by atoms with Crippen LogP contribution in [0.1, 0.15) is 11.3 Å². The standard InChI is InChI=1S/C30H25NO/c1-32-27-19-17-26(18-20-27)31-29(25-15-9-4-10-16-25)22-28(24-13-7-3-8-14-24)30(31)21-23-11-5-2-6-12-23/h2-20,22H,21H2,1H3. The molecule has 0 saturated carbocycles. The molecule has 0 radical (unpaired) electrons. The minimum absolute atomic E-state index is 0.837. The highest BCUT2D eigenvalue weighted by Crippen LogP contribution is 2.37. The molecule has 0 atom stereocenters. The first kappa shape index (κ1) is 19.9. The highest BCUT2D eigenvalue weighted by atomic mass is 16.5. The summed E-state index contributed by atoms with van der Waals surface area (Å²) in [6.45, 7) is 0. The summed E-state index contributed by atoms with van der Waals surface area (Å²) in [5.41, 5.74) is 8.54. The normalized spacial score (nSPS) is 10.8. The summed E-state index contributed by atoms with van der Waals surface area (Å²) in [6, 6.07) is 42.6. The second-order valence-corrected chi connectivity index (χ2v) is 7.82. The van der Waals surface area contributed by atoms with Crippen molar-refractivity contribution >= 4 is 0 Å². The lowest BCUT2D eigenvalue weighted by atomic mass is 10.0. The quantitative estimate of drug-likeness (QED) is 0.282. The Morgan fingerprint density at radius 3 is 1.78 bits per heavy atom. The highest BCUT2D eigenvalue weighted by Gasteiger charge is 2.19. The van der Waals surface area contributed by atoms with Gasteiger partial charge in [-0.1, -0.05) is 91.0 Å². The minimum atomic E-state index is 0.837. The lowest BCUT2D eigenvalue weighted by molar-refractivity contribution is 0.414. The van der Waals surface area contributed by atoms with Crippen LogP contribution in [0.4, 0.5) is 0 Å². The number of hydrogen-bond donors (Lipinski definition) is 0. The van der Waals surface area contributed by atoms with E-state index >= 15 is 0 Å². The summed E-state index contributed by atoms with van der Waals surface area (Å²) in [7, 11) is 1.70. The maximum atomic E-state index is 5.41. The molecule has 0 bridgehead atoms. The van der Waals surface area contributed by atoms with Crippen LogP contribution in [0.25, 0.3) is 28.1 Å². The van der Waals surface area contributed by atoms with Gasteiger partial charge >= 0.3 is 0 Å². The van der Waals surface area contributed by atoms with Crippen molar-refractivity contribution < 1.29 is 4.74 Å². The van der Waals surface area contributed by atoms with Gasteiger partial charge in [-0.25, -0.2) is 0 Å². The third kappa shape index (κ3) is 3.95. The first-order chi connectivity index (χ1) is 15.8. The van der Waals surface area contributed by atoms with E-state index in [4.69, 9.17) is 4.74 Å². The maximum absolute atomic E-state index is 5.41. The molecule has 32 heavy (non-hydrogen) atoms. The largest absolute Gasteiger partial charge is 0.497 e. The van der Waals surface area contributed by atoms with Crippen LogP contribution in [0.5, 0.6) is 5.75 Å². The zero-order valence-electron chi connectivity index (χ0n) is 18.1. The van der Waals surface area contributed by atoms with Crippen molar-refractivity contribution in [3.63, 3.8) is 0 Å². The van der Waals surface area contributed by atoms with Gasteiger partial charge in [0, 0.05) is 23.4 Å². The van der Waals surface area contributed by atoms with Crippen LogP contribution in [0.15, 0.2) is 121 Å². The second kappa shape index (κ2) is 8.99. The fourth-order valence-corrected chi connectivity index (χ4v) is 4.23. The zero-order valence-corrected chi connectivity index (χ0v) is 18.1. The third-order valence-corrected chi connectivity index (χ3v) is 5.80. The van der Waals surface area contributed by atoms with E-state index in [0.29, 0.717) is 0 Å². The Hall–Kier alpha value is -4.04. The highest BCUT2D eigenvalue weighted by molar-refractivity contribution is 5.77. The zero-order chi connectivity index (χ0) is 21.8. The molecule has 0 aliphatic carbocycles. The molecule has 5 aromatic rings. The van der Waals surface area contributed by atoms with Gasteiger partial charge in [-0.05, 0) is 47.0 Å². The first-order valence-corrected chi connectivity index (χ1v) is 10.9. The molecule has 0 unspecified atom stereocenters. The van der Waals surface area contributed by atoms with Crippen LogP contribution in [-0.2, 0) is 6.42 Å². The molecular weight excluding hydrogens is 390 g/mol. The molecule has 0 spiro atoms. The molecule has 4 aromatic carbocycles. The van der Waals surface area contributed by atoms with Crippen LogP contribution in [0, 0.1) is 0 Å². The number of hydrogen-bond acceptors (Lipinski definition) is 1. The lowest BCUT2D eigenvalue weighted by Gasteiger charge is -2.16. The minimum Gasteiger partial charge on any atom is -0.497 e. The molecule has 0 aliphatic heterocycles. The van der Waals surface area contributed by atoms with Gasteiger partial charge in [0.15, 0.2) is 0 Å².